The van der Waals surface area contributed by atoms with E-state index in [9.17, 15) is 5.11 Å². The number of rotatable bonds is 1. The SMILES string of the molecule is Nc1cnoc1-c1cc2cccc(O)c2s1. The molecular weight excluding hydrogens is 224 g/mol. The minimum absolute atomic E-state index is 0.270. The quantitative estimate of drug-likeness (QED) is 0.676. The highest BCUT2D eigenvalue weighted by Gasteiger charge is 2.12. The van der Waals surface area contributed by atoms with Crippen LogP contribution in [0.2, 0.25) is 0 Å². The Balaban J connectivity index is 2.27. The molecule has 2 heterocycles. The number of fused-ring (bicyclic) bond motifs is 1. The number of hydrogen-bond donors (Lipinski definition) is 2. The second-order valence-electron chi connectivity index (χ2n) is 3.42. The summed E-state index contributed by atoms with van der Waals surface area (Å²) >= 11 is 1.43. The number of phenols is 1. The molecular formula is C11H8N2O2S. The van der Waals surface area contributed by atoms with Gasteiger partial charge in [-0.1, -0.05) is 17.3 Å². The van der Waals surface area contributed by atoms with Crippen molar-refractivity contribution in [1.82, 2.24) is 5.16 Å². The monoisotopic (exact) mass is 232 g/mol. The van der Waals surface area contributed by atoms with Crippen LogP contribution in [0.4, 0.5) is 5.69 Å². The Kier molecular flexibility index (Phi) is 1.87. The summed E-state index contributed by atoms with van der Waals surface area (Å²) < 4.78 is 5.90. The van der Waals surface area contributed by atoms with Crippen LogP contribution in [-0.4, -0.2) is 10.3 Å². The molecule has 16 heavy (non-hydrogen) atoms. The van der Waals surface area contributed by atoms with Crippen molar-refractivity contribution in [2.24, 2.45) is 0 Å². The van der Waals surface area contributed by atoms with Crippen LogP contribution in [0, 0.1) is 0 Å². The van der Waals surface area contributed by atoms with Crippen LogP contribution in [0.5, 0.6) is 5.75 Å². The van der Waals surface area contributed by atoms with Crippen molar-refractivity contribution in [3.05, 3.63) is 30.5 Å². The van der Waals surface area contributed by atoms with E-state index in [4.69, 9.17) is 10.3 Å². The third-order valence-corrected chi connectivity index (χ3v) is 3.52. The van der Waals surface area contributed by atoms with Gasteiger partial charge in [0.05, 0.1) is 15.8 Å². The molecule has 0 aliphatic heterocycles. The maximum Gasteiger partial charge on any atom is 0.199 e. The summed E-state index contributed by atoms with van der Waals surface area (Å²) in [7, 11) is 0. The van der Waals surface area contributed by atoms with Gasteiger partial charge in [0.2, 0.25) is 0 Å². The van der Waals surface area contributed by atoms with E-state index in [1.807, 2.05) is 12.1 Å². The number of benzene rings is 1. The molecule has 4 nitrogen and oxygen atoms in total. The Labute approximate surface area is 94.9 Å². The lowest BCUT2D eigenvalue weighted by Gasteiger charge is -1.91. The van der Waals surface area contributed by atoms with Crippen molar-refractivity contribution in [3.63, 3.8) is 0 Å². The molecule has 5 heteroatoms. The summed E-state index contributed by atoms with van der Waals surface area (Å²) in [6.45, 7) is 0. The lowest BCUT2D eigenvalue weighted by atomic mass is 10.2. The van der Waals surface area contributed by atoms with Crippen LogP contribution in [0.3, 0.4) is 0 Å². The number of nitrogens with two attached hydrogens (primary N) is 1. The largest absolute Gasteiger partial charge is 0.506 e. The maximum absolute atomic E-state index is 9.68. The third kappa shape index (κ3) is 1.25. The lowest BCUT2D eigenvalue weighted by Crippen LogP contribution is -1.81. The van der Waals surface area contributed by atoms with Gasteiger partial charge < -0.3 is 15.4 Å². The van der Waals surface area contributed by atoms with Crippen molar-refractivity contribution in [1.29, 1.82) is 0 Å². The fourth-order valence-electron chi connectivity index (χ4n) is 1.59. The van der Waals surface area contributed by atoms with E-state index in [1.165, 1.54) is 17.5 Å². The molecule has 3 aromatic rings. The van der Waals surface area contributed by atoms with Crippen molar-refractivity contribution < 1.29 is 9.63 Å². The van der Waals surface area contributed by atoms with Crippen LogP contribution in [0.15, 0.2) is 35.0 Å². The highest BCUT2D eigenvalue weighted by Crippen LogP contribution is 2.39. The van der Waals surface area contributed by atoms with Gasteiger partial charge in [0.1, 0.15) is 11.4 Å². The maximum atomic E-state index is 9.68. The van der Waals surface area contributed by atoms with Crippen LogP contribution >= 0.6 is 11.3 Å². The summed E-state index contributed by atoms with van der Waals surface area (Å²) in [4.78, 5) is 0.867. The van der Waals surface area contributed by atoms with Gasteiger partial charge in [0.15, 0.2) is 5.76 Å². The number of anilines is 1. The zero-order chi connectivity index (χ0) is 11.1. The molecule has 0 atom stereocenters. The van der Waals surface area contributed by atoms with Gasteiger partial charge in [-0.05, 0) is 17.5 Å². The van der Waals surface area contributed by atoms with Crippen LogP contribution in [0.25, 0.3) is 20.7 Å². The first-order valence-electron chi connectivity index (χ1n) is 4.68. The Morgan fingerprint density at radius 3 is 2.94 bits per heavy atom. The first-order chi connectivity index (χ1) is 7.75. The molecule has 3 rings (SSSR count). The van der Waals surface area contributed by atoms with Crippen molar-refractivity contribution in [2.45, 2.75) is 0 Å². The van der Waals surface area contributed by atoms with Crippen molar-refractivity contribution in [2.75, 3.05) is 5.73 Å². The molecule has 0 fully saturated rings. The summed E-state index contributed by atoms with van der Waals surface area (Å²) in [6.07, 6.45) is 1.47. The van der Waals surface area contributed by atoms with E-state index in [-0.39, 0.29) is 5.75 Å². The summed E-state index contributed by atoms with van der Waals surface area (Å²) in [5.41, 5.74) is 6.23. The van der Waals surface area contributed by atoms with Gasteiger partial charge >= 0.3 is 0 Å². The molecule has 2 aromatic heterocycles. The number of hydrogen-bond acceptors (Lipinski definition) is 5. The lowest BCUT2D eigenvalue weighted by molar-refractivity contribution is 0.433. The fraction of sp³-hybridized carbons (Fsp3) is 0. The van der Waals surface area contributed by atoms with E-state index in [1.54, 1.807) is 12.1 Å². The molecule has 0 radical (unpaired) electrons. The smallest absolute Gasteiger partial charge is 0.199 e. The van der Waals surface area contributed by atoms with Gasteiger partial charge in [0.25, 0.3) is 0 Å². The Morgan fingerprint density at radius 2 is 2.25 bits per heavy atom. The van der Waals surface area contributed by atoms with Gasteiger partial charge in [-0.2, -0.15) is 0 Å². The predicted octanol–water partition coefficient (Wildman–Crippen LogP) is 2.84. The average molecular weight is 232 g/mol. The number of nitrogens with zero attached hydrogens (tertiary/aromatic N) is 1. The summed E-state index contributed by atoms with van der Waals surface area (Å²) in [5, 5.41) is 14.3. The standard InChI is InChI=1S/C11H8N2O2S/c12-7-5-13-15-10(7)9-4-6-2-1-3-8(14)11(6)16-9/h1-5,14H,12H2. The Hall–Kier alpha value is -2.01. The van der Waals surface area contributed by atoms with Gasteiger partial charge in [-0.15, -0.1) is 11.3 Å². The minimum atomic E-state index is 0.270. The molecule has 3 N–H and O–H groups in total. The first-order valence-corrected chi connectivity index (χ1v) is 5.49. The second kappa shape index (κ2) is 3.24. The third-order valence-electron chi connectivity index (χ3n) is 2.35. The van der Waals surface area contributed by atoms with Crippen molar-refractivity contribution in [3.8, 4) is 16.4 Å². The molecule has 80 valence electrons. The molecule has 0 amide bonds. The van der Waals surface area contributed by atoms with E-state index in [2.05, 4.69) is 5.16 Å². The summed E-state index contributed by atoms with van der Waals surface area (Å²) in [6, 6.07) is 7.32. The zero-order valence-corrected chi connectivity index (χ0v) is 8.99. The molecule has 0 spiro atoms. The van der Waals surface area contributed by atoms with Crippen LogP contribution < -0.4 is 5.73 Å². The van der Waals surface area contributed by atoms with E-state index in [0.717, 1.165) is 15.0 Å². The second-order valence-corrected chi connectivity index (χ2v) is 4.47. The van der Waals surface area contributed by atoms with E-state index < -0.39 is 0 Å². The number of thiophene rings is 1. The molecule has 0 saturated carbocycles. The van der Waals surface area contributed by atoms with Gasteiger partial charge in [-0.25, -0.2) is 0 Å². The average Bonchev–Trinajstić information content (AvgIpc) is 2.84. The zero-order valence-electron chi connectivity index (χ0n) is 8.18. The Bertz CT molecular complexity index is 657. The summed E-state index contributed by atoms with van der Waals surface area (Å²) in [5.74, 6) is 0.826. The number of phenolic OH excluding ortho intramolecular Hbond substituents is 1. The Morgan fingerprint density at radius 1 is 1.38 bits per heavy atom. The van der Waals surface area contributed by atoms with Gasteiger partial charge in [-0.3, -0.25) is 0 Å². The first kappa shape index (κ1) is 9.23. The predicted molar refractivity (Wildman–Crippen MR) is 63.4 cm³/mol. The molecule has 0 aliphatic rings. The minimum Gasteiger partial charge on any atom is -0.506 e. The number of aromatic hydroxyl groups is 1. The van der Waals surface area contributed by atoms with E-state index in [0.29, 0.717) is 11.4 Å². The topological polar surface area (TPSA) is 72.3 Å². The van der Waals surface area contributed by atoms with E-state index >= 15 is 0 Å². The molecule has 0 bridgehead atoms. The van der Waals surface area contributed by atoms with Gasteiger partial charge in [0, 0.05) is 0 Å². The molecule has 0 saturated heterocycles. The van der Waals surface area contributed by atoms with Crippen LogP contribution in [-0.2, 0) is 0 Å². The fourth-order valence-corrected chi connectivity index (χ4v) is 2.67. The van der Waals surface area contributed by atoms with Crippen LogP contribution in [0.1, 0.15) is 0 Å². The molecule has 1 aromatic carbocycles. The molecule has 0 aliphatic carbocycles. The highest BCUT2D eigenvalue weighted by molar-refractivity contribution is 7.22. The number of aromatic nitrogens is 1. The van der Waals surface area contributed by atoms with Crippen molar-refractivity contribution >= 4 is 27.1 Å². The molecule has 0 unspecified atom stereocenters. The number of nitrogen functional groups attached to an aromatic ring is 1. The highest BCUT2D eigenvalue weighted by atomic mass is 32.1. The normalized spacial score (nSPS) is 11.0.